The van der Waals surface area contributed by atoms with E-state index in [9.17, 15) is 18.3 Å². The molecule has 1 saturated carbocycles. The molecule has 0 unspecified atom stereocenters. The van der Waals surface area contributed by atoms with Crippen molar-refractivity contribution < 1.29 is 23.1 Å². The molecule has 6 nitrogen and oxygen atoms in total. The molecular weight excluding hydrogens is 382 g/mol. The van der Waals surface area contributed by atoms with E-state index in [1.165, 1.54) is 13.2 Å². The van der Waals surface area contributed by atoms with Crippen LogP contribution in [-0.2, 0) is 14.8 Å². The minimum atomic E-state index is -3.80. The number of aliphatic hydroxyl groups excluding tert-OH is 1. The van der Waals surface area contributed by atoms with Crippen LogP contribution in [0.1, 0.15) is 35.4 Å². The van der Waals surface area contributed by atoms with Crippen molar-refractivity contribution >= 4 is 43.3 Å². The van der Waals surface area contributed by atoms with Crippen LogP contribution in [-0.4, -0.2) is 38.7 Å². The molecule has 0 aliphatic heterocycles. The Hall–Kier alpha value is -0.480. The summed E-state index contributed by atoms with van der Waals surface area (Å²) in [6.07, 6.45) is 2.29. The standard InChI is InChI=1S/C12H16BrNO5S2/c1-19-12(16)9-6-10(11(13)20-9)21(17,18)14-7-4-2-3-5-8(7)15/h6-8,14-15H,2-5H2,1H3/t7-,8-/m0/s1. The maximum absolute atomic E-state index is 12.4. The Kier molecular flexibility index (Phi) is 5.42. The van der Waals surface area contributed by atoms with E-state index in [1.807, 2.05) is 0 Å². The molecule has 0 aromatic carbocycles. The molecule has 2 atom stereocenters. The number of esters is 1. The zero-order valence-electron chi connectivity index (χ0n) is 11.3. The lowest BCUT2D eigenvalue weighted by Crippen LogP contribution is -2.44. The summed E-state index contributed by atoms with van der Waals surface area (Å²) < 4.78 is 32.2. The Labute approximate surface area is 135 Å². The van der Waals surface area contributed by atoms with E-state index in [0.29, 0.717) is 16.6 Å². The largest absolute Gasteiger partial charge is 0.465 e. The molecule has 1 aromatic rings. The summed E-state index contributed by atoms with van der Waals surface area (Å²) >= 11 is 4.16. The van der Waals surface area contributed by atoms with Gasteiger partial charge in [-0.15, -0.1) is 11.3 Å². The highest BCUT2D eigenvalue weighted by Gasteiger charge is 2.30. The third-order valence-electron chi connectivity index (χ3n) is 3.37. The van der Waals surface area contributed by atoms with Crippen LogP contribution in [0.5, 0.6) is 0 Å². The van der Waals surface area contributed by atoms with Crippen molar-refractivity contribution in [2.75, 3.05) is 7.11 Å². The van der Waals surface area contributed by atoms with Crippen LogP contribution in [0.2, 0.25) is 0 Å². The predicted octanol–water partition coefficient (Wildman–Crippen LogP) is 1.88. The van der Waals surface area contributed by atoms with E-state index < -0.39 is 28.1 Å². The number of halogens is 1. The van der Waals surface area contributed by atoms with E-state index in [-0.39, 0.29) is 9.77 Å². The highest BCUT2D eigenvalue weighted by molar-refractivity contribution is 9.11. The number of hydrogen-bond donors (Lipinski definition) is 2. The van der Waals surface area contributed by atoms with Gasteiger partial charge >= 0.3 is 5.97 Å². The molecule has 0 spiro atoms. The van der Waals surface area contributed by atoms with Gasteiger partial charge in [0.1, 0.15) is 9.77 Å². The van der Waals surface area contributed by atoms with Gasteiger partial charge in [0.05, 0.1) is 17.0 Å². The van der Waals surface area contributed by atoms with Crippen LogP contribution in [0.15, 0.2) is 14.7 Å². The van der Waals surface area contributed by atoms with Crippen LogP contribution >= 0.6 is 27.3 Å². The van der Waals surface area contributed by atoms with Gasteiger partial charge in [-0.1, -0.05) is 12.8 Å². The second-order valence-corrected chi connectivity index (χ2v) is 8.87. The molecule has 1 aromatic heterocycles. The molecule has 21 heavy (non-hydrogen) atoms. The number of nitrogens with one attached hydrogen (secondary N) is 1. The lowest BCUT2D eigenvalue weighted by molar-refractivity contribution is 0.0606. The smallest absolute Gasteiger partial charge is 0.348 e. The van der Waals surface area contributed by atoms with E-state index in [4.69, 9.17) is 0 Å². The predicted molar refractivity (Wildman–Crippen MR) is 81.9 cm³/mol. The normalized spacial score (nSPS) is 23.0. The number of sulfonamides is 1. The summed E-state index contributed by atoms with van der Waals surface area (Å²) in [6, 6.07) is 0.787. The summed E-state index contributed by atoms with van der Waals surface area (Å²) in [4.78, 5) is 11.7. The van der Waals surface area contributed by atoms with Crippen molar-refractivity contribution in [1.29, 1.82) is 0 Å². The van der Waals surface area contributed by atoms with Gasteiger partial charge in [0.2, 0.25) is 10.0 Å². The van der Waals surface area contributed by atoms with Gasteiger partial charge in [0.15, 0.2) is 0 Å². The fourth-order valence-electron chi connectivity index (χ4n) is 2.25. The molecule has 1 heterocycles. The quantitative estimate of drug-likeness (QED) is 0.756. The molecular formula is C12H16BrNO5S2. The van der Waals surface area contributed by atoms with E-state index in [0.717, 1.165) is 24.2 Å². The molecule has 1 aliphatic carbocycles. The highest BCUT2D eigenvalue weighted by atomic mass is 79.9. The molecule has 9 heteroatoms. The highest BCUT2D eigenvalue weighted by Crippen LogP contribution is 2.32. The van der Waals surface area contributed by atoms with Crippen LogP contribution in [0.25, 0.3) is 0 Å². The Balaban J connectivity index is 2.23. The van der Waals surface area contributed by atoms with E-state index >= 15 is 0 Å². The summed E-state index contributed by atoms with van der Waals surface area (Å²) in [6.45, 7) is 0. The molecule has 1 fully saturated rings. The zero-order chi connectivity index (χ0) is 15.6. The minimum absolute atomic E-state index is 0.00864. The number of thiophene rings is 1. The lowest BCUT2D eigenvalue weighted by Gasteiger charge is -2.27. The number of hydrogen-bond acceptors (Lipinski definition) is 6. The molecule has 0 amide bonds. The SMILES string of the molecule is COC(=O)c1cc(S(=O)(=O)N[C@H]2CCCC[C@@H]2O)c(Br)s1. The number of rotatable bonds is 4. The average Bonchev–Trinajstić information content (AvgIpc) is 2.83. The van der Waals surface area contributed by atoms with Crippen LogP contribution in [0.3, 0.4) is 0 Å². The maximum atomic E-state index is 12.4. The number of ether oxygens (including phenoxy) is 1. The Morgan fingerprint density at radius 2 is 2.14 bits per heavy atom. The van der Waals surface area contributed by atoms with Crippen molar-refractivity contribution in [3.8, 4) is 0 Å². The van der Waals surface area contributed by atoms with Gasteiger partial charge in [0, 0.05) is 6.04 Å². The van der Waals surface area contributed by atoms with Crippen molar-refractivity contribution in [2.45, 2.75) is 42.7 Å². The first-order chi connectivity index (χ1) is 9.85. The molecule has 0 radical (unpaired) electrons. The van der Waals surface area contributed by atoms with Crippen LogP contribution < -0.4 is 4.72 Å². The van der Waals surface area contributed by atoms with Crippen LogP contribution in [0.4, 0.5) is 0 Å². The molecule has 2 rings (SSSR count). The third kappa shape index (κ3) is 3.84. The first kappa shape index (κ1) is 16.9. The topological polar surface area (TPSA) is 92.7 Å². The molecule has 2 N–H and O–H groups in total. The Bertz CT molecular complexity index is 628. The molecule has 0 bridgehead atoms. The van der Waals surface area contributed by atoms with Gasteiger partial charge in [-0.2, -0.15) is 0 Å². The molecule has 1 aliphatic rings. The zero-order valence-corrected chi connectivity index (χ0v) is 14.6. The van der Waals surface area contributed by atoms with Crippen LogP contribution in [0, 0.1) is 0 Å². The summed E-state index contributed by atoms with van der Waals surface area (Å²) in [7, 11) is -2.56. The van der Waals surface area contributed by atoms with Crippen molar-refractivity contribution in [3.63, 3.8) is 0 Å². The number of carbonyl (C=O) groups is 1. The molecule has 118 valence electrons. The fourth-order valence-corrected chi connectivity index (χ4v) is 6.03. The van der Waals surface area contributed by atoms with E-state index in [2.05, 4.69) is 25.4 Å². The number of aliphatic hydroxyl groups is 1. The van der Waals surface area contributed by atoms with Gasteiger partial charge < -0.3 is 9.84 Å². The second-order valence-electron chi connectivity index (χ2n) is 4.82. The summed E-state index contributed by atoms with van der Waals surface area (Å²) in [5.41, 5.74) is 0. The second kappa shape index (κ2) is 6.74. The number of methoxy groups -OCH3 is 1. The molecule has 0 saturated heterocycles. The van der Waals surface area contributed by atoms with Crippen molar-refractivity contribution in [1.82, 2.24) is 4.72 Å². The first-order valence-electron chi connectivity index (χ1n) is 6.43. The van der Waals surface area contributed by atoms with E-state index in [1.54, 1.807) is 0 Å². The minimum Gasteiger partial charge on any atom is -0.465 e. The van der Waals surface area contributed by atoms with Gasteiger partial charge in [-0.25, -0.2) is 17.9 Å². The van der Waals surface area contributed by atoms with Gasteiger partial charge in [-0.3, -0.25) is 0 Å². The summed E-state index contributed by atoms with van der Waals surface area (Å²) in [5.74, 6) is -0.583. The first-order valence-corrected chi connectivity index (χ1v) is 9.52. The van der Waals surface area contributed by atoms with Crippen molar-refractivity contribution in [2.24, 2.45) is 0 Å². The maximum Gasteiger partial charge on any atom is 0.348 e. The lowest BCUT2D eigenvalue weighted by atomic mass is 9.93. The Morgan fingerprint density at radius 1 is 1.48 bits per heavy atom. The third-order valence-corrected chi connectivity index (χ3v) is 7.09. The van der Waals surface area contributed by atoms with Crippen molar-refractivity contribution in [3.05, 3.63) is 14.7 Å². The Morgan fingerprint density at radius 3 is 2.76 bits per heavy atom. The fraction of sp³-hybridized carbons (Fsp3) is 0.583. The monoisotopic (exact) mass is 397 g/mol. The average molecular weight is 398 g/mol. The van der Waals surface area contributed by atoms with Gasteiger partial charge in [0.25, 0.3) is 0 Å². The number of carbonyl (C=O) groups excluding carboxylic acids is 1. The summed E-state index contributed by atoms with van der Waals surface area (Å²) in [5, 5.41) is 9.87. The van der Waals surface area contributed by atoms with Gasteiger partial charge in [-0.05, 0) is 34.8 Å².